The van der Waals surface area contributed by atoms with E-state index in [-0.39, 0.29) is 11.9 Å². The van der Waals surface area contributed by atoms with Crippen LogP contribution in [-0.2, 0) is 14.3 Å². The lowest BCUT2D eigenvalue weighted by Crippen LogP contribution is -2.37. The minimum atomic E-state index is 0.221. The number of nitrogens with zero attached hydrogens (tertiary/aromatic N) is 1. The van der Waals surface area contributed by atoms with Gasteiger partial charge in [-0.1, -0.05) is 6.92 Å². The third-order valence-electron chi connectivity index (χ3n) is 3.55. The van der Waals surface area contributed by atoms with Crippen molar-refractivity contribution in [3.63, 3.8) is 0 Å². The smallest absolute Gasteiger partial charge is 0.222 e. The van der Waals surface area contributed by atoms with E-state index in [1.165, 1.54) is 0 Å². The lowest BCUT2D eigenvalue weighted by atomic mass is 10.1. The standard InChI is InChI=1S/C14H25NO3/c1-3-13(16)8-4-5-9-14(17)15-10-6-7-12(15)11-18-2/h12H,3-11H2,1-2H3. The highest BCUT2D eigenvalue weighted by molar-refractivity contribution is 5.78. The van der Waals surface area contributed by atoms with Crippen LogP contribution in [0.2, 0.25) is 0 Å². The van der Waals surface area contributed by atoms with Crippen molar-refractivity contribution >= 4 is 11.7 Å². The van der Waals surface area contributed by atoms with Crippen LogP contribution in [0.4, 0.5) is 0 Å². The first kappa shape index (κ1) is 15.2. The second-order valence-electron chi connectivity index (χ2n) is 4.94. The quantitative estimate of drug-likeness (QED) is 0.624. The first-order valence-electron chi connectivity index (χ1n) is 6.99. The first-order valence-corrected chi connectivity index (χ1v) is 6.99. The van der Waals surface area contributed by atoms with E-state index in [0.717, 1.165) is 32.2 Å². The average Bonchev–Trinajstić information content (AvgIpc) is 2.82. The van der Waals surface area contributed by atoms with Gasteiger partial charge < -0.3 is 9.64 Å². The molecule has 1 amide bonds. The van der Waals surface area contributed by atoms with Gasteiger partial charge in [0.1, 0.15) is 5.78 Å². The second-order valence-corrected chi connectivity index (χ2v) is 4.94. The van der Waals surface area contributed by atoms with Crippen molar-refractivity contribution in [2.24, 2.45) is 0 Å². The van der Waals surface area contributed by atoms with Crippen molar-refractivity contribution in [1.82, 2.24) is 4.90 Å². The number of hydrogen-bond donors (Lipinski definition) is 0. The van der Waals surface area contributed by atoms with Gasteiger partial charge in [0.15, 0.2) is 0 Å². The van der Waals surface area contributed by atoms with Gasteiger partial charge >= 0.3 is 0 Å². The van der Waals surface area contributed by atoms with Crippen LogP contribution >= 0.6 is 0 Å². The Hall–Kier alpha value is -0.900. The molecule has 104 valence electrons. The number of unbranched alkanes of at least 4 members (excludes halogenated alkanes) is 1. The minimum Gasteiger partial charge on any atom is -0.383 e. The molecule has 0 aromatic rings. The predicted octanol–water partition coefficient (Wildman–Crippen LogP) is 2.16. The van der Waals surface area contributed by atoms with Crippen LogP contribution in [0.5, 0.6) is 0 Å². The van der Waals surface area contributed by atoms with Crippen molar-refractivity contribution in [1.29, 1.82) is 0 Å². The number of ether oxygens (including phenoxy) is 1. The molecule has 0 aliphatic carbocycles. The first-order chi connectivity index (χ1) is 8.69. The molecule has 0 spiro atoms. The fourth-order valence-corrected chi connectivity index (χ4v) is 2.45. The van der Waals surface area contributed by atoms with Gasteiger partial charge in [-0.2, -0.15) is 0 Å². The maximum atomic E-state index is 12.0. The van der Waals surface area contributed by atoms with E-state index in [0.29, 0.717) is 31.7 Å². The molecule has 18 heavy (non-hydrogen) atoms. The Bertz CT molecular complexity index is 278. The maximum Gasteiger partial charge on any atom is 0.222 e. The van der Waals surface area contributed by atoms with Crippen LogP contribution in [-0.4, -0.2) is 42.9 Å². The van der Waals surface area contributed by atoms with Crippen LogP contribution in [0.3, 0.4) is 0 Å². The minimum absolute atomic E-state index is 0.221. The molecule has 1 atom stereocenters. The van der Waals surface area contributed by atoms with E-state index >= 15 is 0 Å². The molecule has 1 unspecified atom stereocenters. The fraction of sp³-hybridized carbons (Fsp3) is 0.857. The summed E-state index contributed by atoms with van der Waals surface area (Å²) in [5.74, 6) is 0.513. The third-order valence-corrected chi connectivity index (χ3v) is 3.55. The van der Waals surface area contributed by atoms with Crippen molar-refractivity contribution in [2.45, 2.75) is 57.9 Å². The molecule has 1 saturated heterocycles. The van der Waals surface area contributed by atoms with E-state index in [9.17, 15) is 9.59 Å². The van der Waals surface area contributed by atoms with Crippen molar-refractivity contribution < 1.29 is 14.3 Å². The Kier molecular flexibility index (Phi) is 6.94. The molecule has 0 bridgehead atoms. The van der Waals surface area contributed by atoms with Gasteiger partial charge in [0.05, 0.1) is 12.6 Å². The maximum absolute atomic E-state index is 12.0. The number of methoxy groups -OCH3 is 1. The zero-order valence-corrected chi connectivity index (χ0v) is 11.6. The predicted molar refractivity (Wildman–Crippen MR) is 70.4 cm³/mol. The van der Waals surface area contributed by atoms with Crippen molar-refractivity contribution in [2.75, 3.05) is 20.3 Å². The van der Waals surface area contributed by atoms with Gasteiger partial charge in [-0.25, -0.2) is 0 Å². The molecule has 0 aromatic heterocycles. The van der Waals surface area contributed by atoms with Crippen LogP contribution in [0, 0.1) is 0 Å². The summed E-state index contributed by atoms with van der Waals surface area (Å²) >= 11 is 0. The van der Waals surface area contributed by atoms with E-state index < -0.39 is 0 Å². The van der Waals surface area contributed by atoms with E-state index in [1.807, 2.05) is 11.8 Å². The largest absolute Gasteiger partial charge is 0.383 e. The summed E-state index contributed by atoms with van der Waals surface area (Å²) < 4.78 is 5.14. The fourth-order valence-electron chi connectivity index (χ4n) is 2.45. The highest BCUT2D eigenvalue weighted by Gasteiger charge is 2.27. The molecule has 1 aliphatic heterocycles. The van der Waals surface area contributed by atoms with Crippen LogP contribution in [0.25, 0.3) is 0 Å². The number of carbonyl (C=O) groups is 2. The van der Waals surface area contributed by atoms with Crippen LogP contribution < -0.4 is 0 Å². The average molecular weight is 255 g/mol. The molecule has 0 saturated carbocycles. The van der Waals surface area contributed by atoms with Gasteiger partial charge in [0.2, 0.25) is 5.91 Å². The Labute approximate surface area is 110 Å². The summed E-state index contributed by atoms with van der Waals surface area (Å²) in [6.07, 6.45) is 5.57. The number of likely N-dealkylation sites (tertiary alicyclic amines) is 1. The molecule has 0 aromatic carbocycles. The lowest BCUT2D eigenvalue weighted by molar-refractivity contribution is -0.133. The van der Waals surface area contributed by atoms with Gasteiger partial charge in [-0.3, -0.25) is 9.59 Å². The molecule has 1 fully saturated rings. The SMILES string of the molecule is CCC(=O)CCCCC(=O)N1CCCC1COC. The highest BCUT2D eigenvalue weighted by atomic mass is 16.5. The van der Waals surface area contributed by atoms with Crippen LogP contribution in [0.1, 0.15) is 51.9 Å². The zero-order chi connectivity index (χ0) is 13.4. The number of Topliss-reactive ketones (excluding diaryl/α,β-unsaturated/α-hetero) is 1. The summed E-state index contributed by atoms with van der Waals surface area (Å²) in [5, 5.41) is 0. The Morgan fingerprint density at radius 2 is 2.00 bits per heavy atom. The summed E-state index contributed by atoms with van der Waals surface area (Å²) in [6.45, 7) is 3.38. The molecule has 1 aliphatic rings. The molecule has 4 heteroatoms. The summed E-state index contributed by atoms with van der Waals surface area (Å²) in [5.41, 5.74) is 0. The Balaban J connectivity index is 2.21. The lowest BCUT2D eigenvalue weighted by Gasteiger charge is -2.24. The normalized spacial score (nSPS) is 19.2. The second kappa shape index (κ2) is 8.25. The van der Waals surface area contributed by atoms with Gasteiger partial charge in [0.25, 0.3) is 0 Å². The van der Waals surface area contributed by atoms with Crippen molar-refractivity contribution in [3.05, 3.63) is 0 Å². The Morgan fingerprint density at radius 3 is 2.67 bits per heavy atom. The summed E-state index contributed by atoms with van der Waals surface area (Å²) in [4.78, 5) is 25.1. The van der Waals surface area contributed by atoms with Gasteiger partial charge in [-0.15, -0.1) is 0 Å². The number of ketones is 1. The monoisotopic (exact) mass is 255 g/mol. The highest BCUT2D eigenvalue weighted by Crippen LogP contribution is 2.19. The summed E-state index contributed by atoms with van der Waals surface area (Å²) in [6, 6.07) is 0.264. The third kappa shape index (κ3) is 4.77. The van der Waals surface area contributed by atoms with Gasteiger partial charge in [-0.05, 0) is 25.7 Å². The molecule has 1 heterocycles. The number of hydrogen-bond acceptors (Lipinski definition) is 3. The molecule has 0 radical (unpaired) electrons. The zero-order valence-electron chi connectivity index (χ0n) is 11.6. The van der Waals surface area contributed by atoms with Crippen LogP contribution in [0.15, 0.2) is 0 Å². The van der Waals surface area contributed by atoms with Gasteiger partial charge in [0, 0.05) is 32.9 Å². The number of amides is 1. The van der Waals surface area contributed by atoms with Crippen molar-refractivity contribution in [3.8, 4) is 0 Å². The van der Waals surface area contributed by atoms with E-state index in [2.05, 4.69) is 0 Å². The molecular formula is C14H25NO3. The topological polar surface area (TPSA) is 46.6 Å². The molecule has 1 rings (SSSR count). The Morgan fingerprint density at radius 1 is 1.28 bits per heavy atom. The molecule has 0 N–H and O–H groups in total. The number of rotatable bonds is 8. The summed E-state index contributed by atoms with van der Waals surface area (Å²) in [7, 11) is 1.68. The number of carbonyl (C=O) groups excluding carboxylic acids is 2. The molecule has 4 nitrogen and oxygen atoms in total. The van der Waals surface area contributed by atoms with E-state index in [4.69, 9.17) is 4.74 Å². The molecular weight excluding hydrogens is 230 g/mol. The van der Waals surface area contributed by atoms with E-state index in [1.54, 1.807) is 7.11 Å².